The van der Waals surface area contributed by atoms with Crippen molar-refractivity contribution in [2.45, 2.75) is 26.3 Å². The van der Waals surface area contributed by atoms with E-state index in [9.17, 15) is 4.79 Å². The molecule has 1 N–H and O–H groups in total. The van der Waals surface area contributed by atoms with E-state index in [0.717, 1.165) is 38.0 Å². The predicted octanol–water partition coefficient (Wildman–Crippen LogP) is 2.71. The molecule has 1 saturated heterocycles. The number of likely N-dealkylation sites (tertiary alicyclic amines) is 1. The van der Waals surface area contributed by atoms with Gasteiger partial charge in [0.25, 0.3) is 0 Å². The predicted molar refractivity (Wildman–Crippen MR) is 89.0 cm³/mol. The number of carbonyl (C=O) groups is 1. The average Bonchev–Trinajstić information content (AvgIpc) is 3.00. The van der Waals surface area contributed by atoms with Gasteiger partial charge >= 0.3 is 0 Å². The lowest BCUT2D eigenvalue weighted by atomic mass is 9.95. The number of piperidine rings is 1. The van der Waals surface area contributed by atoms with Gasteiger partial charge in [-0.3, -0.25) is 9.69 Å². The number of amides is 1. The third-order valence-electron chi connectivity index (χ3n) is 4.30. The molecule has 0 atom stereocenters. The summed E-state index contributed by atoms with van der Waals surface area (Å²) in [6, 6.07) is 11.6. The number of aryl methyl sites for hydroxylation is 1. The summed E-state index contributed by atoms with van der Waals surface area (Å²) >= 11 is 0. The molecule has 0 unspecified atom stereocenters. The van der Waals surface area contributed by atoms with E-state index in [0.29, 0.717) is 17.1 Å². The molecule has 6 nitrogen and oxygen atoms in total. The number of rotatable bonds is 4. The Hall–Kier alpha value is -2.65. The van der Waals surface area contributed by atoms with Crippen molar-refractivity contribution in [1.29, 1.82) is 5.26 Å². The van der Waals surface area contributed by atoms with Gasteiger partial charge in [-0.2, -0.15) is 5.26 Å². The molecule has 2 heterocycles. The fourth-order valence-corrected chi connectivity index (χ4v) is 3.00. The number of aromatic nitrogens is 1. The van der Waals surface area contributed by atoms with E-state index in [2.05, 4.69) is 21.4 Å². The van der Waals surface area contributed by atoms with Crippen molar-refractivity contribution in [3.05, 3.63) is 47.2 Å². The van der Waals surface area contributed by atoms with Gasteiger partial charge in [0.15, 0.2) is 5.82 Å². The molecule has 2 aromatic rings. The molecule has 1 aromatic carbocycles. The number of hydrogen-bond donors (Lipinski definition) is 1. The maximum Gasteiger partial charge on any atom is 0.228 e. The Kier molecular flexibility index (Phi) is 4.92. The van der Waals surface area contributed by atoms with Crippen LogP contribution in [0.3, 0.4) is 0 Å². The standard InChI is InChI=1S/C18H20N4O2/c1-13-9-17(21-24-13)20-18(23)16-5-7-22(8-6-16)12-15-4-2-3-14(10-15)11-19/h2-4,9-10,16H,5-8,12H2,1H3,(H,20,21,23). The Labute approximate surface area is 141 Å². The second-order valence-corrected chi connectivity index (χ2v) is 6.17. The van der Waals surface area contributed by atoms with Gasteiger partial charge in [-0.15, -0.1) is 0 Å². The largest absolute Gasteiger partial charge is 0.360 e. The molecule has 0 saturated carbocycles. The summed E-state index contributed by atoms with van der Waals surface area (Å²) in [5.74, 6) is 1.17. The van der Waals surface area contributed by atoms with Gasteiger partial charge in [-0.05, 0) is 50.6 Å². The van der Waals surface area contributed by atoms with Crippen molar-refractivity contribution in [3.63, 3.8) is 0 Å². The maximum absolute atomic E-state index is 12.3. The van der Waals surface area contributed by atoms with Gasteiger partial charge in [0.2, 0.25) is 5.91 Å². The molecule has 1 aromatic heterocycles. The molecular formula is C18H20N4O2. The van der Waals surface area contributed by atoms with Gasteiger partial charge < -0.3 is 9.84 Å². The first-order valence-corrected chi connectivity index (χ1v) is 8.09. The van der Waals surface area contributed by atoms with E-state index in [1.807, 2.05) is 24.3 Å². The second kappa shape index (κ2) is 7.28. The van der Waals surface area contributed by atoms with E-state index in [4.69, 9.17) is 9.78 Å². The van der Waals surface area contributed by atoms with E-state index < -0.39 is 0 Å². The first kappa shape index (κ1) is 16.2. The summed E-state index contributed by atoms with van der Waals surface area (Å²) < 4.78 is 4.96. The summed E-state index contributed by atoms with van der Waals surface area (Å²) in [5, 5.41) is 15.6. The zero-order valence-electron chi connectivity index (χ0n) is 13.7. The third kappa shape index (κ3) is 4.00. The van der Waals surface area contributed by atoms with Gasteiger partial charge in [-0.1, -0.05) is 17.3 Å². The zero-order valence-corrected chi connectivity index (χ0v) is 13.7. The highest BCUT2D eigenvalue weighted by molar-refractivity contribution is 5.91. The SMILES string of the molecule is Cc1cc(NC(=O)C2CCN(Cc3cccc(C#N)c3)CC2)no1. The number of nitrogens with one attached hydrogen (secondary N) is 1. The highest BCUT2D eigenvalue weighted by Gasteiger charge is 2.25. The lowest BCUT2D eigenvalue weighted by Gasteiger charge is -2.31. The van der Waals surface area contributed by atoms with Crippen LogP contribution >= 0.6 is 0 Å². The Morgan fingerprint density at radius 3 is 2.88 bits per heavy atom. The normalized spacial score (nSPS) is 15.8. The number of hydrogen-bond acceptors (Lipinski definition) is 5. The van der Waals surface area contributed by atoms with Crippen LogP contribution in [0.2, 0.25) is 0 Å². The number of benzene rings is 1. The molecule has 0 radical (unpaired) electrons. The van der Waals surface area contributed by atoms with Crippen LogP contribution in [0.15, 0.2) is 34.9 Å². The fourth-order valence-electron chi connectivity index (χ4n) is 3.00. The molecule has 1 aliphatic heterocycles. The Morgan fingerprint density at radius 1 is 1.42 bits per heavy atom. The first-order valence-electron chi connectivity index (χ1n) is 8.09. The van der Waals surface area contributed by atoms with Crippen molar-refractivity contribution in [1.82, 2.24) is 10.1 Å². The van der Waals surface area contributed by atoms with Crippen molar-refractivity contribution >= 4 is 11.7 Å². The summed E-state index contributed by atoms with van der Waals surface area (Å²) in [7, 11) is 0. The molecule has 24 heavy (non-hydrogen) atoms. The highest BCUT2D eigenvalue weighted by atomic mass is 16.5. The molecule has 1 fully saturated rings. The van der Waals surface area contributed by atoms with Gasteiger partial charge in [0.1, 0.15) is 5.76 Å². The van der Waals surface area contributed by atoms with Crippen LogP contribution in [0.25, 0.3) is 0 Å². The number of nitrogens with zero attached hydrogens (tertiary/aromatic N) is 3. The average molecular weight is 324 g/mol. The lowest BCUT2D eigenvalue weighted by Crippen LogP contribution is -2.37. The molecule has 6 heteroatoms. The van der Waals surface area contributed by atoms with Crippen molar-refractivity contribution in [2.75, 3.05) is 18.4 Å². The molecule has 3 rings (SSSR count). The van der Waals surface area contributed by atoms with Crippen LogP contribution in [-0.2, 0) is 11.3 Å². The molecule has 1 amide bonds. The summed E-state index contributed by atoms with van der Waals surface area (Å²) in [4.78, 5) is 14.6. The molecule has 0 bridgehead atoms. The number of nitriles is 1. The summed E-state index contributed by atoms with van der Waals surface area (Å²) in [6.45, 7) is 4.34. The minimum absolute atomic E-state index is 0.00342. The minimum Gasteiger partial charge on any atom is -0.360 e. The van der Waals surface area contributed by atoms with E-state index >= 15 is 0 Å². The second-order valence-electron chi connectivity index (χ2n) is 6.17. The maximum atomic E-state index is 12.3. The molecule has 1 aliphatic rings. The van der Waals surface area contributed by atoms with Crippen molar-refractivity contribution in [3.8, 4) is 6.07 Å². The summed E-state index contributed by atoms with van der Waals surface area (Å²) in [5.41, 5.74) is 1.82. The number of carbonyl (C=O) groups excluding carboxylic acids is 1. The Bertz CT molecular complexity index is 754. The Morgan fingerprint density at radius 2 is 2.21 bits per heavy atom. The van der Waals surface area contributed by atoms with Crippen LogP contribution < -0.4 is 5.32 Å². The molecular weight excluding hydrogens is 304 g/mol. The highest BCUT2D eigenvalue weighted by Crippen LogP contribution is 2.21. The monoisotopic (exact) mass is 324 g/mol. The molecule has 0 spiro atoms. The van der Waals surface area contributed by atoms with Crippen molar-refractivity contribution in [2.24, 2.45) is 5.92 Å². The minimum atomic E-state index is 0.00342. The smallest absolute Gasteiger partial charge is 0.228 e. The van der Waals surface area contributed by atoms with Crippen LogP contribution in [0.5, 0.6) is 0 Å². The lowest BCUT2D eigenvalue weighted by molar-refractivity contribution is -0.121. The number of anilines is 1. The van der Waals surface area contributed by atoms with Crippen LogP contribution in [0.4, 0.5) is 5.82 Å². The van der Waals surface area contributed by atoms with Crippen molar-refractivity contribution < 1.29 is 9.32 Å². The van der Waals surface area contributed by atoms with Crippen LogP contribution in [0, 0.1) is 24.2 Å². The quantitative estimate of drug-likeness (QED) is 0.935. The van der Waals surface area contributed by atoms with E-state index in [-0.39, 0.29) is 11.8 Å². The first-order chi connectivity index (χ1) is 11.6. The van der Waals surface area contributed by atoms with Gasteiger partial charge in [-0.25, -0.2) is 0 Å². The topological polar surface area (TPSA) is 82.2 Å². The Balaban J connectivity index is 1.50. The third-order valence-corrected chi connectivity index (χ3v) is 4.30. The van der Waals surface area contributed by atoms with Crippen LogP contribution in [-0.4, -0.2) is 29.1 Å². The zero-order chi connectivity index (χ0) is 16.9. The fraction of sp³-hybridized carbons (Fsp3) is 0.389. The van der Waals surface area contributed by atoms with E-state index in [1.54, 1.807) is 13.0 Å². The summed E-state index contributed by atoms with van der Waals surface area (Å²) in [6.07, 6.45) is 1.64. The molecule has 0 aliphatic carbocycles. The van der Waals surface area contributed by atoms with Crippen LogP contribution in [0.1, 0.15) is 29.7 Å². The van der Waals surface area contributed by atoms with Gasteiger partial charge in [0.05, 0.1) is 11.6 Å². The van der Waals surface area contributed by atoms with E-state index in [1.165, 1.54) is 0 Å². The van der Waals surface area contributed by atoms with Gasteiger partial charge in [0, 0.05) is 18.5 Å². The molecule has 124 valence electrons.